The zero-order chi connectivity index (χ0) is 13.0. The Labute approximate surface area is 111 Å². The van der Waals surface area contributed by atoms with Crippen LogP contribution in [0.15, 0.2) is 0 Å². The van der Waals surface area contributed by atoms with Gasteiger partial charge in [0.2, 0.25) is 0 Å². The Bertz CT molecular complexity index is 274. The standard InChI is InChI=1S/C15H27NO2/c1-16(12-4-5-14(17)18)13-6-10-15(11-7-13)8-2-3-9-15/h13H,2-12H2,1H3,(H,17,18). The lowest BCUT2D eigenvalue weighted by Gasteiger charge is -2.40. The largest absolute Gasteiger partial charge is 0.481 e. The number of nitrogens with zero attached hydrogens (tertiary/aromatic N) is 1. The summed E-state index contributed by atoms with van der Waals surface area (Å²) in [6, 6.07) is 0.699. The summed E-state index contributed by atoms with van der Waals surface area (Å²) in [5, 5.41) is 8.66. The lowest BCUT2D eigenvalue weighted by molar-refractivity contribution is -0.137. The molecule has 0 aromatic rings. The molecule has 0 aliphatic heterocycles. The number of rotatable bonds is 5. The first-order valence-corrected chi connectivity index (χ1v) is 7.53. The van der Waals surface area contributed by atoms with Crippen molar-refractivity contribution in [2.45, 2.75) is 70.3 Å². The van der Waals surface area contributed by atoms with Gasteiger partial charge in [0, 0.05) is 12.5 Å². The Kier molecular flexibility index (Phi) is 4.66. The van der Waals surface area contributed by atoms with Crippen LogP contribution in [0.4, 0.5) is 0 Å². The first kappa shape index (κ1) is 13.9. The van der Waals surface area contributed by atoms with E-state index in [0.29, 0.717) is 17.9 Å². The molecule has 104 valence electrons. The topological polar surface area (TPSA) is 40.5 Å². The van der Waals surface area contributed by atoms with E-state index in [9.17, 15) is 4.79 Å². The van der Waals surface area contributed by atoms with Gasteiger partial charge in [-0.1, -0.05) is 12.8 Å². The molecule has 2 fully saturated rings. The third kappa shape index (κ3) is 3.47. The van der Waals surface area contributed by atoms with E-state index in [2.05, 4.69) is 11.9 Å². The van der Waals surface area contributed by atoms with Gasteiger partial charge in [-0.15, -0.1) is 0 Å². The lowest BCUT2D eigenvalue weighted by Crippen LogP contribution is -2.38. The molecular formula is C15H27NO2. The van der Waals surface area contributed by atoms with Gasteiger partial charge in [-0.05, 0) is 64.0 Å². The zero-order valence-corrected chi connectivity index (χ0v) is 11.7. The summed E-state index contributed by atoms with van der Waals surface area (Å²) >= 11 is 0. The molecule has 1 N–H and O–H groups in total. The number of carbonyl (C=O) groups is 1. The second-order valence-electron chi connectivity index (χ2n) is 6.42. The highest BCUT2D eigenvalue weighted by molar-refractivity contribution is 5.66. The van der Waals surface area contributed by atoms with Crippen LogP contribution < -0.4 is 0 Å². The van der Waals surface area contributed by atoms with Gasteiger partial charge in [-0.3, -0.25) is 4.79 Å². The minimum atomic E-state index is -0.669. The summed E-state index contributed by atoms with van der Waals surface area (Å²) in [7, 11) is 2.17. The van der Waals surface area contributed by atoms with E-state index >= 15 is 0 Å². The minimum absolute atomic E-state index is 0.307. The van der Waals surface area contributed by atoms with Gasteiger partial charge in [0.05, 0.1) is 0 Å². The van der Waals surface area contributed by atoms with Crippen LogP contribution in [0, 0.1) is 5.41 Å². The molecule has 3 nitrogen and oxygen atoms in total. The van der Waals surface area contributed by atoms with E-state index in [4.69, 9.17) is 5.11 Å². The van der Waals surface area contributed by atoms with Crippen molar-refractivity contribution in [3.8, 4) is 0 Å². The molecule has 0 unspecified atom stereocenters. The average molecular weight is 253 g/mol. The predicted octanol–water partition coefficient (Wildman–Crippen LogP) is 3.29. The maximum absolute atomic E-state index is 10.5. The molecule has 0 aromatic carbocycles. The van der Waals surface area contributed by atoms with Crippen LogP contribution in [0.5, 0.6) is 0 Å². The average Bonchev–Trinajstić information content (AvgIpc) is 2.78. The smallest absolute Gasteiger partial charge is 0.303 e. The molecule has 1 spiro atoms. The second-order valence-corrected chi connectivity index (χ2v) is 6.42. The monoisotopic (exact) mass is 253 g/mol. The molecule has 18 heavy (non-hydrogen) atoms. The maximum atomic E-state index is 10.5. The Morgan fingerprint density at radius 2 is 1.83 bits per heavy atom. The molecule has 2 aliphatic carbocycles. The Hall–Kier alpha value is -0.570. The van der Waals surface area contributed by atoms with Crippen molar-refractivity contribution >= 4 is 5.97 Å². The molecule has 0 amide bonds. The summed E-state index contributed by atoms with van der Waals surface area (Å²) in [6.45, 7) is 0.934. The molecule has 0 heterocycles. The summed E-state index contributed by atoms with van der Waals surface area (Å²) in [4.78, 5) is 12.9. The highest BCUT2D eigenvalue weighted by atomic mass is 16.4. The van der Waals surface area contributed by atoms with Crippen LogP contribution in [-0.2, 0) is 4.79 Å². The van der Waals surface area contributed by atoms with Crippen molar-refractivity contribution in [1.29, 1.82) is 0 Å². The first-order valence-electron chi connectivity index (χ1n) is 7.53. The lowest BCUT2D eigenvalue weighted by atomic mass is 9.71. The van der Waals surface area contributed by atoms with Crippen LogP contribution in [-0.4, -0.2) is 35.6 Å². The Balaban J connectivity index is 1.70. The highest BCUT2D eigenvalue weighted by Gasteiger charge is 2.38. The first-order chi connectivity index (χ1) is 8.61. The van der Waals surface area contributed by atoms with Crippen LogP contribution >= 0.6 is 0 Å². The molecule has 2 rings (SSSR count). The quantitative estimate of drug-likeness (QED) is 0.817. The van der Waals surface area contributed by atoms with E-state index in [0.717, 1.165) is 13.0 Å². The van der Waals surface area contributed by atoms with E-state index in [1.807, 2.05) is 0 Å². The van der Waals surface area contributed by atoms with Gasteiger partial charge in [0.1, 0.15) is 0 Å². The van der Waals surface area contributed by atoms with E-state index in [-0.39, 0.29) is 0 Å². The molecule has 3 heteroatoms. The normalized spacial score (nSPS) is 23.9. The molecule has 0 bridgehead atoms. The third-order valence-corrected chi connectivity index (χ3v) is 5.20. The van der Waals surface area contributed by atoms with E-state index in [1.54, 1.807) is 0 Å². The second kappa shape index (κ2) is 6.05. The predicted molar refractivity (Wildman–Crippen MR) is 72.7 cm³/mol. The van der Waals surface area contributed by atoms with Gasteiger partial charge in [-0.2, -0.15) is 0 Å². The number of carboxylic acid groups (broad SMARTS) is 1. The molecule has 0 saturated heterocycles. The molecule has 0 atom stereocenters. The number of hydrogen-bond acceptors (Lipinski definition) is 2. The number of hydrogen-bond donors (Lipinski definition) is 1. The van der Waals surface area contributed by atoms with E-state index in [1.165, 1.54) is 51.4 Å². The van der Waals surface area contributed by atoms with E-state index < -0.39 is 5.97 Å². The fourth-order valence-corrected chi connectivity index (χ4v) is 3.94. The van der Waals surface area contributed by atoms with Crippen LogP contribution in [0.25, 0.3) is 0 Å². The van der Waals surface area contributed by atoms with Crippen molar-refractivity contribution in [1.82, 2.24) is 4.90 Å². The zero-order valence-electron chi connectivity index (χ0n) is 11.7. The molecule has 0 aromatic heterocycles. The van der Waals surface area contributed by atoms with Crippen molar-refractivity contribution in [2.75, 3.05) is 13.6 Å². The van der Waals surface area contributed by atoms with Gasteiger partial charge >= 0.3 is 5.97 Å². The van der Waals surface area contributed by atoms with Crippen molar-refractivity contribution in [3.63, 3.8) is 0 Å². The third-order valence-electron chi connectivity index (χ3n) is 5.20. The summed E-state index contributed by atoms with van der Waals surface area (Å²) in [6.07, 6.45) is 12.4. The Morgan fingerprint density at radius 1 is 1.22 bits per heavy atom. The Morgan fingerprint density at radius 3 is 2.39 bits per heavy atom. The minimum Gasteiger partial charge on any atom is -0.481 e. The summed E-state index contributed by atoms with van der Waals surface area (Å²) in [5.74, 6) is -0.669. The highest BCUT2D eigenvalue weighted by Crippen LogP contribution is 2.49. The van der Waals surface area contributed by atoms with Gasteiger partial charge in [0.25, 0.3) is 0 Å². The summed E-state index contributed by atoms with van der Waals surface area (Å²) in [5.41, 5.74) is 0.707. The van der Waals surface area contributed by atoms with Gasteiger partial charge < -0.3 is 10.0 Å². The molecule has 2 saturated carbocycles. The van der Waals surface area contributed by atoms with Crippen LogP contribution in [0.3, 0.4) is 0 Å². The van der Waals surface area contributed by atoms with Crippen molar-refractivity contribution in [3.05, 3.63) is 0 Å². The van der Waals surface area contributed by atoms with Gasteiger partial charge in [-0.25, -0.2) is 0 Å². The molecule has 2 aliphatic rings. The van der Waals surface area contributed by atoms with Crippen molar-refractivity contribution in [2.24, 2.45) is 5.41 Å². The fraction of sp³-hybridized carbons (Fsp3) is 0.933. The van der Waals surface area contributed by atoms with Gasteiger partial charge in [0.15, 0.2) is 0 Å². The molecular weight excluding hydrogens is 226 g/mol. The van der Waals surface area contributed by atoms with Crippen LogP contribution in [0.2, 0.25) is 0 Å². The van der Waals surface area contributed by atoms with Crippen LogP contribution in [0.1, 0.15) is 64.2 Å². The number of carboxylic acids is 1. The molecule has 0 radical (unpaired) electrons. The fourth-order valence-electron chi connectivity index (χ4n) is 3.94. The number of aliphatic carboxylic acids is 1. The summed E-state index contributed by atoms with van der Waals surface area (Å²) < 4.78 is 0. The maximum Gasteiger partial charge on any atom is 0.303 e. The SMILES string of the molecule is CN(CCCC(=O)O)C1CCC2(CCCC2)CC1. The van der Waals surface area contributed by atoms with Crippen molar-refractivity contribution < 1.29 is 9.90 Å².